The Morgan fingerprint density at radius 1 is 1.26 bits per heavy atom. The van der Waals surface area contributed by atoms with Gasteiger partial charge in [-0.25, -0.2) is 8.42 Å². The highest BCUT2D eigenvalue weighted by atomic mass is 32.2. The highest BCUT2D eigenvalue weighted by Crippen LogP contribution is 2.25. The van der Waals surface area contributed by atoms with Crippen LogP contribution in [-0.2, 0) is 14.8 Å². The maximum absolute atomic E-state index is 11.5. The predicted octanol–water partition coefficient (Wildman–Crippen LogP) is 0.0850. The number of ether oxygens (including phenoxy) is 2. The van der Waals surface area contributed by atoms with Crippen molar-refractivity contribution in [3.8, 4) is 23.3 Å². The van der Waals surface area contributed by atoms with Crippen LogP contribution in [0.1, 0.15) is 0 Å². The van der Waals surface area contributed by atoms with E-state index in [-0.39, 0.29) is 19.7 Å². The Bertz CT molecular complexity index is 691. The van der Waals surface area contributed by atoms with E-state index in [4.69, 9.17) is 9.47 Å². The smallest absolute Gasteiger partial charge is 0.236 e. The standard InChI is InChI=1S/C15H20N2O5S/c1-17(23(3,19)20)12-15(18)16-10-6-7-11-22-14-9-5-4-8-13(14)21-2/h4-5,8-9H,10-12H2,1-3H3,(H,16,18). The van der Waals surface area contributed by atoms with Crippen LogP contribution < -0.4 is 14.8 Å². The molecule has 0 atom stereocenters. The zero-order valence-electron chi connectivity index (χ0n) is 13.3. The van der Waals surface area contributed by atoms with E-state index in [1.54, 1.807) is 19.2 Å². The van der Waals surface area contributed by atoms with Gasteiger partial charge in [-0.3, -0.25) is 4.79 Å². The monoisotopic (exact) mass is 340 g/mol. The first kappa shape index (κ1) is 18.8. The van der Waals surface area contributed by atoms with Crippen molar-refractivity contribution < 1.29 is 22.7 Å². The van der Waals surface area contributed by atoms with E-state index < -0.39 is 15.9 Å². The highest BCUT2D eigenvalue weighted by molar-refractivity contribution is 7.88. The van der Waals surface area contributed by atoms with Crippen LogP contribution in [0.5, 0.6) is 11.5 Å². The maximum Gasteiger partial charge on any atom is 0.236 e. The third kappa shape index (κ3) is 7.04. The molecular formula is C15H20N2O5S. The van der Waals surface area contributed by atoms with Gasteiger partial charge in [0.15, 0.2) is 11.5 Å². The first-order chi connectivity index (χ1) is 10.8. The van der Waals surface area contributed by atoms with Gasteiger partial charge in [-0.05, 0) is 12.1 Å². The van der Waals surface area contributed by atoms with Crippen molar-refractivity contribution in [1.29, 1.82) is 0 Å². The summed E-state index contributed by atoms with van der Waals surface area (Å²) in [7, 11) is -0.482. The van der Waals surface area contributed by atoms with E-state index in [1.807, 2.05) is 12.1 Å². The van der Waals surface area contributed by atoms with Gasteiger partial charge in [-0.1, -0.05) is 24.0 Å². The van der Waals surface area contributed by atoms with Gasteiger partial charge in [0, 0.05) is 7.05 Å². The molecule has 1 amide bonds. The molecule has 0 saturated carbocycles. The van der Waals surface area contributed by atoms with Gasteiger partial charge in [0.05, 0.1) is 26.5 Å². The molecule has 23 heavy (non-hydrogen) atoms. The van der Waals surface area contributed by atoms with Crippen molar-refractivity contribution >= 4 is 15.9 Å². The summed E-state index contributed by atoms with van der Waals surface area (Å²) in [6.07, 6.45) is 1.04. The second-order valence-electron chi connectivity index (χ2n) is 4.59. The number of para-hydroxylation sites is 2. The number of amides is 1. The summed E-state index contributed by atoms with van der Waals surface area (Å²) < 4.78 is 33.9. The molecule has 0 radical (unpaired) electrons. The van der Waals surface area contributed by atoms with Gasteiger partial charge >= 0.3 is 0 Å². The molecule has 0 spiro atoms. The van der Waals surface area contributed by atoms with Crippen molar-refractivity contribution in [1.82, 2.24) is 9.62 Å². The van der Waals surface area contributed by atoms with E-state index in [0.717, 1.165) is 10.6 Å². The number of nitrogens with zero attached hydrogens (tertiary/aromatic N) is 1. The summed E-state index contributed by atoms with van der Waals surface area (Å²) in [5.74, 6) is 6.25. The lowest BCUT2D eigenvalue weighted by Gasteiger charge is -2.12. The van der Waals surface area contributed by atoms with Crippen LogP contribution in [0.25, 0.3) is 0 Å². The molecule has 0 unspecified atom stereocenters. The van der Waals surface area contributed by atoms with Crippen LogP contribution in [-0.4, -0.2) is 58.7 Å². The SMILES string of the molecule is COc1ccccc1OCC#CCNC(=O)CN(C)S(C)(=O)=O. The summed E-state index contributed by atoms with van der Waals surface area (Å²) in [6.45, 7) is 0.0312. The Balaban J connectivity index is 2.32. The lowest BCUT2D eigenvalue weighted by Crippen LogP contribution is -2.37. The van der Waals surface area contributed by atoms with Crippen molar-refractivity contribution in [3.05, 3.63) is 24.3 Å². The molecule has 0 aromatic heterocycles. The van der Waals surface area contributed by atoms with Crippen LogP contribution in [0, 0.1) is 11.8 Å². The van der Waals surface area contributed by atoms with Gasteiger partial charge < -0.3 is 14.8 Å². The number of benzene rings is 1. The fraction of sp³-hybridized carbons (Fsp3) is 0.400. The van der Waals surface area contributed by atoms with Crippen LogP contribution >= 0.6 is 0 Å². The average Bonchev–Trinajstić information content (AvgIpc) is 2.50. The fourth-order valence-electron chi connectivity index (χ4n) is 1.48. The molecule has 1 aromatic carbocycles. The van der Waals surface area contributed by atoms with Crippen LogP contribution in [0.15, 0.2) is 24.3 Å². The number of sulfonamides is 1. The number of carbonyl (C=O) groups excluding carboxylic acids is 1. The minimum atomic E-state index is -3.37. The number of hydrogen-bond donors (Lipinski definition) is 1. The maximum atomic E-state index is 11.5. The molecule has 0 bridgehead atoms. The molecule has 0 saturated heterocycles. The fourth-order valence-corrected chi connectivity index (χ4v) is 1.84. The van der Waals surface area contributed by atoms with E-state index in [2.05, 4.69) is 17.2 Å². The van der Waals surface area contributed by atoms with Gasteiger partial charge in [-0.15, -0.1) is 0 Å². The zero-order chi connectivity index (χ0) is 17.3. The second kappa shape index (κ2) is 9.02. The van der Waals surface area contributed by atoms with E-state index in [0.29, 0.717) is 11.5 Å². The second-order valence-corrected chi connectivity index (χ2v) is 6.68. The first-order valence-electron chi connectivity index (χ1n) is 6.74. The number of carbonyl (C=O) groups is 1. The Labute approximate surface area is 136 Å². The van der Waals surface area contributed by atoms with Gasteiger partial charge in [0.2, 0.25) is 15.9 Å². The third-order valence-electron chi connectivity index (χ3n) is 2.80. The molecule has 0 aliphatic carbocycles. The quantitative estimate of drug-likeness (QED) is 0.711. The molecule has 1 rings (SSSR count). The molecule has 1 N–H and O–H groups in total. The first-order valence-corrected chi connectivity index (χ1v) is 8.59. The van der Waals surface area contributed by atoms with Crippen molar-refractivity contribution in [2.75, 3.05) is 40.1 Å². The molecule has 126 valence electrons. The third-order valence-corrected chi connectivity index (χ3v) is 4.06. The molecule has 0 heterocycles. The highest BCUT2D eigenvalue weighted by Gasteiger charge is 2.14. The largest absolute Gasteiger partial charge is 0.493 e. The minimum absolute atomic E-state index is 0.117. The zero-order valence-corrected chi connectivity index (χ0v) is 14.1. The van der Waals surface area contributed by atoms with Crippen LogP contribution in [0.3, 0.4) is 0 Å². The summed E-state index contributed by atoms with van der Waals surface area (Å²) >= 11 is 0. The summed E-state index contributed by atoms with van der Waals surface area (Å²) in [5, 5.41) is 2.51. The van der Waals surface area contributed by atoms with E-state index in [9.17, 15) is 13.2 Å². The van der Waals surface area contributed by atoms with Gasteiger partial charge in [0.1, 0.15) is 6.61 Å². The van der Waals surface area contributed by atoms with Gasteiger partial charge in [-0.2, -0.15) is 4.31 Å². The summed E-state index contributed by atoms with van der Waals surface area (Å²) in [4.78, 5) is 11.5. The number of nitrogens with one attached hydrogen (secondary N) is 1. The number of rotatable bonds is 7. The van der Waals surface area contributed by atoms with E-state index >= 15 is 0 Å². The summed E-state index contributed by atoms with van der Waals surface area (Å²) in [5.41, 5.74) is 0. The summed E-state index contributed by atoms with van der Waals surface area (Å²) in [6, 6.07) is 7.20. The average molecular weight is 340 g/mol. The minimum Gasteiger partial charge on any atom is -0.493 e. The molecule has 0 aliphatic heterocycles. The molecule has 0 aliphatic rings. The molecule has 8 heteroatoms. The molecule has 0 fully saturated rings. The van der Waals surface area contributed by atoms with Crippen LogP contribution in [0.2, 0.25) is 0 Å². The number of methoxy groups -OCH3 is 1. The topological polar surface area (TPSA) is 84.9 Å². The molecular weight excluding hydrogens is 320 g/mol. The Hall–Kier alpha value is -2.24. The number of hydrogen-bond acceptors (Lipinski definition) is 5. The Morgan fingerprint density at radius 3 is 2.52 bits per heavy atom. The lowest BCUT2D eigenvalue weighted by molar-refractivity contribution is -0.120. The van der Waals surface area contributed by atoms with E-state index in [1.165, 1.54) is 7.05 Å². The normalized spacial score (nSPS) is 10.6. The molecule has 1 aromatic rings. The number of likely N-dealkylation sites (N-methyl/N-ethyl adjacent to an activating group) is 1. The predicted molar refractivity (Wildman–Crippen MR) is 86.7 cm³/mol. The van der Waals surface area contributed by atoms with Crippen molar-refractivity contribution in [2.45, 2.75) is 0 Å². The Kier molecular flexibility index (Phi) is 7.38. The van der Waals surface area contributed by atoms with Crippen molar-refractivity contribution in [2.24, 2.45) is 0 Å². The Morgan fingerprint density at radius 2 is 1.91 bits per heavy atom. The van der Waals surface area contributed by atoms with Crippen LogP contribution in [0.4, 0.5) is 0 Å². The lowest BCUT2D eigenvalue weighted by atomic mass is 10.3. The van der Waals surface area contributed by atoms with Crippen molar-refractivity contribution in [3.63, 3.8) is 0 Å². The van der Waals surface area contributed by atoms with Gasteiger partial charge in [0.25, 0.3) is 0 Å². The molecule has 7 nitrogen and oxygen atoms in total.